The van der Waals surface area contributed by atoms with Crippen LogP contribution in [0.3, 0.4) is 0 Å². The minimum atomic E-state index is -0.876. The molecule has 4 nitrogen and oxygen atoms in total. The molecule has 0 fully saturated rings. The molecule has 1 aromatic rings. The average molecular weight is 291 g/mol. The van der Waals surface area contributed by atoms with Gasteiger partial charge in [0.1, 0.15) is 0 Å². The first-order valence-corrected chi connectivity index (χ1v) is 7.27. The van der Waals surface area contributed by atoms with Crippen LogP contribution < -0.4 is 5.32 Å². The monoisotopic (exact) mass is 291 g/mol. The highest BCUT2D eigenvalue weighted by atomic mass is 16.4. The van der Waals surface area contributed by atoms with Crippen LogP contribution in [0, 0.1) is 11.3 Å². The molecule has 1 rings (SSSR count). The van der Waals surface area contributed by atoms with Crippen molar-refractivity contribution in [2.45, 2.75) is 47.0 Å². The van der Waals surface area contributed by atoms with E-state index in [1.165, 1.54) is 0 Å². The highest BCUT2D eigenvalue weighted by Crippen LogP contribution is 2.28. The van der Waals surface area contributed by atoms with E-state index in [-0.39, 0.29) is 5.91 Å². The second-order valence-corrected chi connectivity index (χ2v) is 6.62. The van der Waals surface area contributed by atoms with Gasteiger partial charge < -0.3 is 10.4 Å². The van der Waals surface area contributed by atoms with Crippen LogP contribution in [-0.4, -0.2) is 17.0 Å². The predicted molar refractivity (Wildman–Crippen MR) is 84.4 cm³/mol. The molecule has 1 aromatic carbocycles. The summed E-state index contributed by atoms with van der Waals surface area (Å²) in [4.78, 5) is 23.4. The van der Waals surface area contributed by atoms with E-state index in [1.54, 1.807) is 31.2 Å². The Labute approximate surface area is 126 Å². The molecule has 0 bridgehead atoms. The Morgan fingerprint density at radius 3 is 2.38 bits per heavy atom. The molecule has 0 aliphatic carbocycles. The van der Waals surface area contributed by atoms with Gasteiger partial charge in [-0.05, 0) is 37.0 Å². The fourth-order valence-corrected chi connectivity index (χ4v) is 2.44. The maximum Gasteiger partial charge on any atom is 0.310 e. The summed E-state index contributed by atoms with van der Waals surface area (Å²) >= 11 is 0. The van der Waals surface area contributed by atoms with Crippen LogP contribution in [0.1, 0.15) is 52.5 Å². The van der Waals surface area contributed by atoms with Crippen LogP contribution in [0.25, 0.3) is 0 Å². The Morgan fingerprint density at radius 2 is 1.86 bits per heavy atom. The minimum absolute atomic E-state index is 0.0451. The number of carboxylic acids is 1. The normalized spacial score (nSPS) is 13.0. The van der Waals surface area contributed by atoms with Gasteiger partial charge in [-0.1, -0.05) is 39.8 Å². The highest BCUT2D eigenvalue weighted by molar-refractivity contribution is 5.95. The van der Waals surface area contributed by atoms with E-state index in [1.807, 2.05) is 13.8 Å². The van der Waals surface area contributed by atoms with Crippen molar-refractivity contribution in [1.29, 1.82) is 0 Å². The Bertz CT molecular complexity index is 521. The third kappa shape index (κ3) is 4.88. The molecule has 1 atom stereocenters. The molecule has 4 heteroatoms. The van der Waals surface area contributed by atoms with Crippen LogP contribution in [0.15, 0.2) is 24.3 Å². The van der Waals surface area contributed by atoms with Gasteiger partial charge in [-0.2, -0.15) is 0 Å². The Kier molecular flexibility index (Phi) is 5.53. The van der Waals surface area contributed by atoms with Crippen molar-refractivity contribution in [1.82, 2.24) is 0 Å². The summed E-state index contributed by atoms with van der Waals surface area (Å²) in [5.74, 6) is -1.08. The smallest absolute Gasteiger partial charge is 0.310 e. The van der Waals surface area contributed by atoms with E-state index in [2.05, 4.69) is 19.2 Å². The summed E-state index contributed by atoms with van der Waals surface area (Å²) in [6.45, 7) is 9.65. The second-order valence-electron chi connectivity index (χ2n) is 6.62. The first kappa shape index (κ1) is 17.2. The zero-order valence-corrected chi connectivity index (χ0v) is 13.4. The fourth-order valence-electron chi connectivity index (χ4n) is 2.44. The van der Waals surface area contributed by atoms with Gasteiger partial charge >= 0.3 is 5.97 Å². The molecular weight excluding hydrogens is 266 g/mol. The van der Waals surface area contributed by atoms with Crippen LogP contribution in [-0.2, 0) is 9.59 Å². The van der Waals surface area contributed by atoms with Crippen molar-refractivity contribution in [2.24, 2.45) is 11.3 Å². The van der Waals surface area contributed by atoms with Gasteiger partial charge in [0.15, 0.2) is 0 Å². The molecule has 0 aliphatic heterocycles. The molecule has 0 radical (unpaired) electrons. The second kappa shape index (κ2) is 6.74. The molecular formula is C17H25NO3. The lowest BCUT2D eigenvalue weighted by atomic mass is 9.83. The van der Waals surface area contributed by atoms with Gasteiger partial charge in [0.05, 0.1) is 5.92 Å². The van der Waals surface area contributed by atoms with Crippen molar-refractivity contribution in [2.75, 3.05) is 5.32 Å². The lowest BCUT2D eigenvalue weighted by Crippen LogP contribution is -2.32. The third-order valence-electron chi connectivity index (χ3n) is 3.55. The molecule has 1 unspecified atom stereocenters. The number of nitrogens with one attached hydrogen (secondary N) is 1. The van der Waals surface area contributed by atoms with E-state index >= 15 is 0 Å². The SMILES string of the molecule is CC(C)CC(C)(C)C(=O)Nc1cccc(C(C)C(=O)O)c1. The van der Waals surface area contributed by atoms with Gasteiger partial charge in [0, 0.05) is 11.1 Å². The van der Waals surface area contributed by atoms with Gasteiger partial charge in [-0.25, -0.2) is 0 Å². The lowest BCUT2D eigenvalue weighted by molar-refractivity contribution is -0.138. The molecule has 0 saturated heterocycles. The zero-order chi connectivity index (χ0) is 16.2. The van der Waals surface area contributed by atoms with E-state index in [0.717, 1.165) is 6.42 Å². The maximum atomic E-state index is 12.4. The maximum absolute atomic E-state index is 12.4. The Balaban J connectivity index is 2.86. The lowest BCUT2D eigenvalue weighted by Gasteiger charge is -2.25. The van der Waals surface area contributed by atoms with E-state index in [4.69, 9.17) is 5.11 Å². The van der Waals surface area contributed by atoms with Crippen LogP contribution in [0.2, 0.25) is 0 Å². The van der Waals surface area contributed by atoms with E-state index in [0.29, 0.717) is 17.2 Å². The zero-order valence-electron chi connectivity index (χ0n) is 13.4. The summed E-state index contributed by atoms with van der Waals surface area (Å²) in [5.41, 5.74) is 0.868. The summed E-state index contributed by atoms with van der Waals surface area (Å²) in [7, 11) is 0. The fraction of sp³-hybridized carbons (Fsp3) is 0.529. The van der Waals surface area contributed by atoms with Crippen LogP contribution in [0.4, 0.5) is 5.69 Å². The van der Waals surface area contributed by atoms with Crippen molar-refractivity contribution in [3.63, 3.8) is 0 Å². The van der Waals surface area contributed by atoms with Crippen molar-refractivity contribution in [3.05, 3.63) is 29.8 Å². The molecule has 1 amide bonds. The summed E-state index contributed by atoms with van der Waals surface area (Å²) < 4.78 is 0. The molecule has 0 heterocycles. The summed E-state index contributed by atoms with van der Waals surface area (Å²) in [6, 6.07) is 7.02. The number of hydrogen-bond donors (Lipinski definition) is 2. The quantitative estimate of drug-likeness (QED) is 0.835. The standard InChI is InChI=1S/C17H25NO3/c1-11(2)10-17(4,5)16(21)18-14-8-6-7-13(9-14)12(3)15(19)20/h6-9,11-12H,10H2,1-5H3,(H,18,21)(H,19,20). The topological polar surface area (TPSA) is 66.4 Å². The number of amides is 1. The Morgan fingerprint density at radius 1 is 1.24 bits per heavy atom. The highest BCUT2D eigenvalue weighted by Gasteiger charge is 2.28. The number of carbonyl (C=O) groups is 2. The molecule has 116 valence electrons. The molecule has 0 spiro atoms. The number of rotatable bonds is 6. The number of aliphatic carboxylic acids is 1. The number of hydrogen-bond acceptors (Lipinski definition) is 2. The molecule has 21 heavy (non-hydrogen) atoms. The van der Waals surface area contributed by atoms with Crippen LogP contribution in [0.5, 0.6) is 0 Å². The Hall–Kier alpha value is -1.84. The number of benzene rings is 1. The van der Waals surface area contributed by atoms with Crippen molar-refractivity contribution < 1.29 is 14.7 Å². The van der Waals surface area contributed by atoms with Gasteiger partial charge in [0.2, 0.25) is 5.91 Å². The molecule has 0 saturated carbocycles. The first-order valence-electron chi connectivity index (χ1n) is 7.27. The third-order valence-corrected chi connectivity index (χ3v) is 3.55. The number of carbonyl (C=O) groups excluding carboxylic acids is 1. The van der Waals surface area contributed by atoms with Crippen LogP contribution >= 0.6 is 0 Å². The van der Waals surface area contributed by atoms with Crippen molar-refractivity contribution >= 4 is 17.6 Å². The number of anilines is 1. The van der Waals surface area contributed by atoms with Gasteiger partial charge in [-0.3, -0.25) is 9.59 Å². The van der Waals surface area contributed by atoms with Crippen molar-refractivity contribution in [3.8, 4) is 0 Å². The number of carboxylic acid groups (broad SMARTS) is 1. The molecule has 0 aromatic heterocycles. The predicted octanol–water partition coefficient (Wildman–Crippen LogP) is 3.89. The first-order chi connectivity index (χ1) is 9.63. The molecule has 2 N–H and O–H groups in total. The van der Waals surface area contributed by atoms with E-state index < -0.39 is 17.3 Å². The van der Waals surface area contributed by atoms with Gasteiger partial charge in [-0.15, -0.1) is 0 Å². The van der Waals surface area contributed by atoms with E-state index in [9.17, 15) is 9.59 Å². The minimum Gasteiger partial charge on any atom is -0.481 e. The molecule has 0 aliphatic rings. The van der Waals surface area contributed by atoms with Gasteiger partial charge in [0.25, 0.3) is 0 Å². The summed E-state index contributed by atoms with van der Waals surface area (Å²) in [5, 5.41) is 11.9. The largest absolute Gasteiger partial charge is 0.481 e. The summed E-state index contributed by atoms with van der Waals surface area (Å²) in [6.07, 6.45) is 0.796. The average Bonchev–Trinajstić information content (AvgIpc) is 2.36.